The molecule has 3 aromatic rings. The van der Waals surface area contributed by atoms with Gasteiger partial charge in [-0.25, -0.2) is 0 Å². The fourth-order valence-corrected chi connectivity index (χ4v) is 5.25. The van der Waals surface area contributed by atoms with E-state index in [2.05, 4.69) is 10.6 Å². The van der Waals surface area contributed by atoms with Crippen molar-refractivity contribution in [2.75, 3.05) is 24.9 Å². The second kappa shape index (κ2) is 11.5. The largest absolute Gasteiger partial charge is 0.495 e. The van der Waals surface area contributed by atoms with Crippen molar-refractivity contribution in [3.05, 3.63) is 88.5 Å². The van der Waals surface area contributed by atoms with Gasteiger partial charge in [0.25, 0.3) is 5.69 Å². The number of para-hydroxylation sites is 4. The lowest BCUT2D eigenvalue weighted by Gasteiger charge is -2.44. The number of benzene rings is 3. The van der Waals surface area contributed by atoms with E-state index in [1.807, 2.05) is 0 Å². The lowest BCUT2D eigenvalue weighted by molar-refractivity contribution is -0.385. The van der Waals surface area contributed by atoms with Gasteiger partial charge in [-0.3, -0.25) is 24.5 Å². The predicted octanol–water partition coefficient (Wildman–Crippen LogP) is 3.93. The molecule has 1 aliphatic carbocycles. The molecule has 1 fully saturated rings. The summed E-state index contributed by atoms with van der Waals surface area (Å²) >= 11 is 0. The van der Waals surface area contributed by atoms with Gasteiger partial charge in [-0.15, -0.1) is 0 Å². The number of non-ortho nitro benzene ring substituents is 1. The Labute approximate surface area is 230 Å². The maximum atomic E-state index is 13.9. The third-order valence-electron chi connectivity index (χ3n) is 7.03. The number of nitrogens with zero attached hydrogens (tertiary/aromatic N) is 1. The van der Waals surface area contributed by atoms with Crippen molar-refractivity contribution in [1.82, 2.24) is 0 Å². The number of hydrogen-bond donors (Lipinski definition) is 3. The molecule has 0 spiro atoms. The number of carbonyl (C=O) groups is 3. The fraction of sp³-hybridized carbons (Fsp3) is 0.276. The van der Waals surface area contributed by atoms with E-state index in [9.17, 15) is 29.6 Å². The van der Waals surface area contributed by atoms with Crippen LogP contribution in [0.3, 0.4) is 0 Å². The minimum absolute atomic E-state index is 0.183. The molecule has 11 nitrogen and oxygen atoms in total. The van der Waals surface area contributed by atoms with Crippen LogP contribution in [0.25, 0.3) is 0 Å². The maximum absolute atomic E-state index is 13.9. The van der Waals surface area contributed by atoms with Crippen molar-refractivity contribution in [2.24, 2.45) is 11.8 Å². The highest BCUT2D eigenvalue weighted by molar-refractivity contribution is 6.11. The molecule has 0 aliphatic heterocycles. The SMILES string of the molecule is COc1ccccc1NC(=O)C1C(=O)CC(C)(O)C(C(=O)Nc2ccccc2OC)C1c1cccc([N+](=O)[O-])c1. The number of nitrogens with one attached hydrogen (secondary N) is 2. The Balaban J connectivity index is 1.83. The summed E-state index contributed by atoms with van der Waals surface area (Å²) in [5.41, 5.74) is -1.38. The highest BCUT2D eigenvalue weighted by Gasteiger charge is 2.56. The smallest absolute Gasteiger partial charge is 0.269 e. The molecule has 208 valence electrons. The first-order valence-corrected chi connectivity index (χ1v) is 12.4. The van der Waals surface area contributed by atoms with Crippen molar-refractivity contribution in [3.8, 4) is 11.5 Å². The zero-order chi connectivity index (χ0) is 29.0. The Morgan fingerprint density at radius 3 is 2.02 bits per heavy atom. The number of anilines is 2. The van der Waals surface area contributed by atoms with E-state index in [0.29, 0.717) is 22.9 Å². The molecule has 1 aliphatic rings. The first-order valence-electron chi connectivity index (χ1n) is 12.4. The van der Waals surface area contributed by atoms with Gasteiger partial charge in [-0.2, -0.15) is 0 Å². The molecule has 3 N–H and O–H groups in total. The van der Waals surface area contributed by atoms with Gasteiger partial charge < -0.3 is 25.2 Å². The Hall–Kier alpha value is -4.77. The number of hydrogen-bond acceptors (Lipinski definition) is 8. The summed E-state index contributed by atoms with van der Waals surface area (Å²) in [5, 5.41) is 28.5. The molecule has 0 heterocycles. The molecular formula is C29H29N3O8. The van der Waals surface area contributed by atoms with Crippen molar-refractivity contribution >= 4 is 34.7 Å². The van der Waals surface area contributed by atoms with Crippen LogP contribution in [0.4, 0.5) is 17.1 Å². The Morgan fingerprint density at radius 1 is 0.925 bits per heavy atom. The summed E-state index contributed by atoms with van der Waals surface area (Å²) in [4.78, 5) is 52.1. The zero-order valence-corrected chi connectivity index (χ0v) is 22.1. The van der Waals surface area contributed by atoms with E-state index >= 15 is 0 Å². The van der Waals surface area contributed by atoms with Gasteiger partial charge in [-0.05, 0) is 36.8 Å². The molecule has 2 amide bonds. The summed E-state index contributed by atoms with van der Waals surface area (Å²) in [6.07, 6.45) is -0.494. The van der Waals surface area contributed by atoms with E-state index in [4.69, 9.17) is 9.47 Å². The molecule has 0 bridgehead atoms. The quantitative estimate of drug-likeness (QED) is 0.218. The molecule has 4 atom stereocenters. The van der Waals surface area contributed by atoms with E-state index in [0.717, 1.165) is 0 Å². The van der Waals surface area contributed by atoms with Crippen molar-refractivity contribution in [1.29, 1.82) is 0 Å². The van der Waals surface area contributed by atoms with E-state index < -0.39 is 52.3 Å². The number of ether oxygens (including phenoxy) is 2. The lowest BCUT2D eigenvalue weighted by Crippen LogP contribution is -2.56. The number of ketones is 1. The van der Waals surface area contributed by atoms with Gasteiger partial charge in [0.05, 0.1) is 42.0 Å². The van der Waals surface area contributed by atoms with Crippen LogP contribution in [0.5, 0.6) is 11.5 Å². The summed E-state index contributed by atoms with van der Waals surface area (Å²) < 4.78 is 10.6. The summed E-state index contributed by atoms with van der Waals surface area (Å²) in [6.45, 7) is 1.34. The topological polar surface area (TPSA) is 157 Å². The molecule has 0 saturated heterocycles. The van der Waals surface area contributed by atoms with Crippen LogP contribution >= 0.6 is 0 Å². The number of carbonyl (C=O) groups excluding carboxylic acids is 3. The third kappa shape index (κ3) is 5.64. The number of Topliss-reactive ketones (excluding diaryl/α,β-unsaturated/α-hetero) is 1. The van der Waals surface area contributed by atoms with Gasteiger partial charge in [0.2, 0.25) is 11.8 Å². The number of nitro groups is 1. The molecule has 0 radical (unpaired) electrons. The zero-order valence-electron chi connectivity index (χ0n) is 22.1. The van der Waals surface area contributed by atoms with E-state index in [-0.39, 0.29) is 11.3 Å². The molecule has 1 saturated carbocycles. The standard InChI is InChI=1S/C29H29N3O8/c1-29(36)16-21(33)25(27(34)30-19-11-4-6-13-22(19)39-2)24(17-9-8-10-18(15-17)32(37)38)26(29)28(35)31-20-12-5-7-14-23(20)40-3/h4-15,24-26,36H,16H2,1-3H3,(H,30,34)(H,31,35). The van der Waals surface area contributed by atoms with Crippen LogP contribution in [-0.2, 0) is 14.4 Å². The number of aliphatic hydroxyl groups is 1. The highest BCUT2D eigenvalue weighted by Crippen LogP contribution is 2.47. The normalized spacial score (nSPS) is 22.2. The first-order chi connectivity index (χ1) is 19.1. The number of amides is 2. The van der Waals surface area contributed by atoms with Gasteiger partial charge in [0.15, 0.2) is 0 Å². The van der Waals surface area contributed by atoms with Crippen LogP contribution < -0.4 is 20.1 Å². The first kappa shape index (κ1) is 28.2. The van der Waals surface area contributed by atoms with Gasteiger partial charge in [-0.1, -0.05) is 36.4 Å². The molecule has 11 heteroatoms. The van der Waals surface area contributed by atoms with E-state index in [1.54, 1.807) is 48.5 Å². The van der Waals surface area contributed by atoms with Crippen LogP contribution in [0, 0.1) is 22.0 Å². The monoisotopic (exact) mass is 547 g/mol. The van der Waals surface area contributed by atoms with Crippen LogP contribution in [-0.4, -0.2) is 47.4 Å². The molecule has 4 rings (SSSR count). The van der Waals surface area contributed by atoms with Crippen molar-refractivity contribution in [2.45, 2.75) is 24.9 Å². The molecule has 40 heavy (non-hydrogen) atoms. The average molecular weight is 548 g/mol. The van der Waals surface area contributed by atoms with Crippen molar-refractivity contribution < 1.29 is 33.9 Å². The Bertz CT molecular complexity index is 1450. The Kier molecular flexibility index (Phi) is 8.15. The minimum atomic E-state index is -1.89. The second-order valence-corrected chi connectivity index (χ2v) is 9.71. The molecule has 3 aromatic carbocycles. The molecule has 4 unspecified atom stereocenters. The van der Waals surface area contributed by atoms with Gasteiger partial charge in [0.1, 0.15) is 23.2 Å². The van der Waals surface area contributed by atoms with Crippen LogP contribution in [0.2, 0.25) is 0 Å². The highest BCUT2D eigenvalue weighted by atomic mass is 16.6. The third-order valence-corrected chi connectivity index (χ3v) is 7.03. The number of rotatable bonds is 8. The summed E-state index contributed by atoms with van der Waals surface area (Å²) in [5.74, 6) is -5.39. The summed E-state index contributed by atoms with van der Waals surface area (Å²) in [6, 6.07) is 18.6. The predicted molar refractivity (Wildman–Crippen MR) is 146 cm³/mol. The maximum Gasteiger partial charge on any atom is 0.269 e. The van der Waals surface area contributed by atoms with E-state index in [1.165, 1.54) is 45.4 Å². The van der Waals surface area contributed by atoms with Crippen LogP contribution in [0.15, 0.2) is 72.8 Å². The van der Waals surface area contributed by atoms with Crippen LogP contribution in [0.1, 0.15) is 24.8 Å². The number of methoxy groups -OCH3 is 2. The molecular weight excluding hydrogens is 518 g/mol. The lowest BCUT2D eigenvalue weighted by atomic mass is 9.61. The van der Waals surface area contributed by atoms with Crippen molar-refractivity contribution in [3.63, 3.8) is 0 Å². The molecule has 0 aromatic heterocycles. The Morgan fingerprint density at radius 2 is 1.48 bits per heavy atom. The fourth-order valence-electron chi connectivity index (χ4n) is 5.25. The minimum Gasteiger partial charge on any atom is -0.495 e. The second-order valence-electron chi connectivity index (χ2n) is 9.71. The van der Waals surface area contributed by atoms with Gasteiger partial charge >= 0.3 is 0 Å². The summed E-state index contributed by atoms with van der Waals surface area (Å²) in [7, 11) is 2.86. The van der Waals surface area contributed by atoms with Gasteiger partial charge in [0, 0.05) is 24.5 Å². The number of nitro benzene ring substituents is 1. The average Bonchev–Trinajstić information content (AvgIpc) is 2.92.